The Hall–Kier alpha value is -1.32. The summed E-state index contributed by atoms with van der Waals surface area (Å²) in [4.78, 5) is 4.88. The highest BCUT2D eigenvalue weighted by Gasteiger charge is 2.22. The van der Waals surface area contributed by atoms with Gasteiger partial charge in [-0.3, -0.25) is 0 Å². The molecule has 2 aromatic rings. The highest BCUT2D eigenvalue weighted by atomic mass is 35.5. The van der Waals surface area contributed by atoms with Crippen LogP contribution in [-0.4, -0.2) is 23.3 Å². The Kier molecular flexibility index (Phi) is 8.88. The lowest BCUT2D eigenvalue weighted by atomic mass is 10.1. The molecule has 3 nitrogen and oxygen atoms in total. The van der Waals surface area contributed by atoms with Gasteiger partial charge in [-0.05, 0) is 62.3 Å². The summed E-state index contributed by atoms with van der Waals surface area (Å²) in [6.07, 6.45) is 14.7. The van der Waals surface area contributed by atoms with E-state index >= 15 is 0 Å². The highest BCUT2D eigenvalue weighted by Crippen LogP contribution is 2.34. The van der Waals surface area contributed by atoms with E-state index < -0.39 is 0 Å². The van der Waals surface area contributed by atoms with Crippen LogP contribution in [0.15, 0.2) is 24.3 Å². The molecule has 1 aliphatic rings. The standard InChI is InChI=1S/C24H34ClNO2/c25-22-15-16-23(28-18-19-11-12-19)24-21(22)14-13-20(26-24)10-8-6-4-2-1-3-5-7-9-17-27/h13-16,19,27H,1-12,17-18H2. The van der Waals surface area contributed by atoms with Crippen LogP contribution in [-0.2, 0) is 6.42 Å². The van der Waals surface area contributed by atoms with Gasteiger partial charge in [-0.15, -0.1) is 0 Å². The number of unbranched alkanes of at least 4 members (excludes halogenated alkanes) is 8. The summed E-state index contributed by atoms with van der Waals surface area (Å²) in [5, 5.41) is 10.5. The second-order valence-corrected chi connectivity index (χ2v) is 8.56. The molecule has 1 N–H and O–H groups in total. The molecule has 1 heterocycles. The van der Waals surface area contributed by atoms with Crippen molar-refractivity contribution in [1.82, 2.24) is 4.98 Å². The van der Waals surface area contributed by atoms with Crippen LogP contribution in [0, 0.1) is 5.92 Å². The number of aliphatic hydroxyl groups excluding tert-OH is 1. The maximum Gasteiger partial charge on any atom is 0.145 e. The van der Waals surface area contributed by atoms with E-state index in [0.717, 1.165) is 52.7 Å². The SMILES string of the molecule is OCCCCCCCCCCCc1ccc2c(Cl)ccc(OCC3CC3)c2n1. The van der Waals surface area contributed by atoms with Crippen LogP contribution < -0.4 is 4.74 Å². The molecule has 28 heavy (non-hydrogen) atoms. The Balaban J connectivity index is 1.42. The number of fused-ring (bicyclic) bond motifs is 1. The summed E-state index contributed by atoms with van der Waals surface area (Å²) < 4.78 is 6.02. The fourth-order valence-corrected chi connectivity index (χ4v) is 3.82. The number of aromatic nitrogens is 1. The molecule has 0 spiro atoms. The molecule has 154 valence electrons. The van der Waals surface area contributed by atoms with E-state index in [2.05, 4.69) is 12.1 Å². The van der Waals surface area contributed by atoms with Gasteiger partial charge in [0.2, 0.25) is 0 Å². The number of aliphatic hydroxyl groups is 1. The minimum atomic E-state index is 0.336. The molecule has 0 atom stereocenters. The zero-order valence-electron chi connectivity index (χ0n) is 17.0. The fourth-order valence-electron chi connectivity index (χ4n) is 3.60. The zero-order chi connectivity index (χ0) is 19.6. The predicted octanol–water partition coefficient (Wildman–Crippen LogP) is 6.72. The van der Waals surface area contributed by atoms with Crippen LogP contribution in [0.1, 0.15) is 76.3 Å². The van der Waals surface area contributed by atoms with E-state index in [-0.39, 0.29) is 0 Å². The monoisotopic (exact) mass is 403 g/mol. The minimum Gasteiger partial charge on any atom is -0.491 e. The lowest BCUT2D eigenvalue weighted by Gasteiger charge is -2.11. The third-order valence-electron chi connectivity index (χ3n) is 5.59. The molecule has 1 fully saturated rings. The zero-order valence-corrected chi connectivity index (χ0v) is 17.7. The molecular weight excluding hydrogens is 370 g/mol. The molecule has 0 saturated heterocycles. The van der Waals surface area contributed by atoms with Gasteiger partial charge in [-0.2, -0.15) is 0 Å². The van der Waals surface area contributed by atoms with Gasteiger partial charge in [0.15, 0.2) is 0 Å². The first-order valence-corrected chi connectivity index (χ1v) is 11.5. The van der Waals surface area contributed by atoms with E-state index in [4.69, 9.17) is 26.4 Å². The summed E-state index contributed by atoms with van der Waals surface area (Å²) in [6.45, 7) is 1.13. The van der Waals surface area contributed by atoms with Gasteiger partial charge in [0.25, 0.3) is 0 Å². The lowest BCUT2D eigenvalue weighted by Crippen LogP contribution is -2.01. The Morgan fingerprint density at radius 1 is 0.893 bits per heavy atom. The van der Waals surface area contributed by atoms with Crippen molar-refractivity contribution in [3.63, 3.8) is 0 Å². The van der Waals surface area contributed by atoms with Gasteiger partial charge < -0.3 is 9.84 Å². The molecule has 4 heteroatoms. The molecule has 0 aliphatic heterocycles. The van der Waals surface area contributed by atoms with Crippen molar-refractivity contribution in [2.45, 2.75) is 77.0 Å². The molecule has 1 aromatic heterocycles. The first kappa shape index (κ1) is 21.4. The number of hydrogen-bond acceptors (Lipinski definition) is 3. The smallest absolute Gasteiger partial charge is 0.145 e. The van der Waals surface area contributed by atoms with Crippen LogP contribution in [0.5, 0.6) is 5.75 Å². The second-order valence-electron chi connectivity index (χ2n) is 8.15. The number of pyridine rings is 1. The van der Waals surface area contributed by atoms with Crippen molar-refractivity contribution in [2.24, 2.45) is 5.92 Å². The summed E-state index contributed by atoms with van der Waals surface area (Å²) in [5.41, 5.74) is 2.04. The largest absolute Gasteiger partial charge is 0.491 e. The predicted molar refractivity (Wildman–Crippen MR) is 117 cm³/mol. The normalized spacial score (nSPS) is 13.9. The summed E-state index contributed by atoms with van der Waals surface area (Å²) in [7, 11) is 0. The quantitative estimate of drug-likeness (QED) is 0.356. The van der Waals surface area contributed by atoms with E-state index in [0.29, 0.717) is 6.61 Å². The van der Waals surface area contributed by atoms with Crippen molar-refractivity contribution in [2.75, 3.05) is 13.2 Å². The van der Waals surface area contributed by atoms with E-state index in [1.807, 2.05) is 12.1 Å². The van der Waals surface area contributed by atoms with Gasteiger partial charge in [-0.1, -0.05) is 56.5 Å². The maximum atomic E-state index is 8.78. The second kappa shape index (κ2) is 11.6. The molecule has 3 rings (SSSR count). The van der Waals surface area contributed by atoms with Crippen LogP contribution in [0.25, 0.3) is 10.9 Å². The maximum absolute atomic E-state index is 8.78. The first-order valence-electron chi connectivity index (χ1n) is 11.1. The highest BCUT2D eigenvalue weighted by molar-refractivity contribution is 6.35. The van der Waals surface area contributed by atoms with Crippen molar-refractivity contribution in [3.8, 4) is 5.75 Å². The van der Waals surface area contributed by atoms with Gasteiger partial charge in [0, 0.05) is 17.7 Å². The van der Waals surface area contributed by atoms with Crippen molar-refractivity contribution < 1.29 is 9.84 Å². The Morgan fingerprint density at radius 3 is 2.25 bits per heavy atom. The third kappa shape index (κ3) is 6.93. The van der Waals surface area contributed by atoms with Crippen LogP contribution in [0.3, 0.4) is 0 Å². The number of nitrogens with zero attached hydrogens (tertiary/aromatic N) is 1. The molecule has 0 radical (unpaired) electrons. The van der Waals surface area contributed by atoms with E-state index in [9.17, 15) is 0 Å². The molecule has 1 saturated carbocycles. The number of halogens is 1. The lowest BCUT2D eigenvalue weighted by molar-refractivity contribution is 0.282. The van der Waals surface area contributed by atoms with Crippen LogP contribution in [0.4, 0.5) is 0 Å². The number of benzene rings is 1. The van der Waals surface area contributed by atoms with Crippen LogP contribution in [0.2, 0.25) is 5.02 Å². The van der Waals surface area contributed by atoms with Crippen molar-refractivity contribution in [1.29, 1.82) is 0 Å². The first-order chi connectivity index (χ1) is 13.8. The Morgan fingerprint density at radius 2 is 1.57 bits per heavy atom. The minimum absolute atomic E-state index is 0.336. The number of rotatable bonds is 14. The summed E-state index contributed by atoms with van der Waals surface area (Å²) in [5.74, 6) is 1.60. The Labute approximate surface area is 174 Å². The molecule has 0 bridgehead atoms. The van der Waals surface area contributed by atoms with Crippen molar-refractivity contribution in [3.05, 3.63) is 35.0 Å². The van der Waals surface area contributed by atoms with E-state index in [1.165, 1.54) is 64.2 Å². The molecule has 1 aromatic carbocycles. The number of aryl methyl sites for hydroxylation is 1. The topological polar surface area (TPSA) is 42.4 Å². The Bertz CT molecular complexity index is 730. The summed E-state index contributed by atoms with van der Waals surface area (Å²) >= 11 is 6.36. The number of hydrogen-bond donors (Lipinski definition) is 1. The molecular formula is C24H34ClNO2. The molecule has 1 aliphatic carbocycles. The van der Waals surface area contributed by atoms with E-state index in [1.54, 1.807) is 0 Å². The van der Waals surface area contributed by atoms with Crippen LogP contribution >= 0.6 is 11.6 Å². The van der Waals surface area contributed by atoms with Gasteiger partial charge in [0.1, 0.15) is 11.3 Å². The van der Waals surface area contributed by atoms with Gasteiger partial charge in [-0.25, -0.2) is 4.98 Å². The molecule has 0 amide bonds. The van der Waals surface area contributed by atoms with Crippen molar-refractivity contribution >= 4 is 22.5 Å². The van der Waals surface area contributed by atoms with Gasteiger partial charge >= 0.3 is 0 Å². The van der Waals surface area contributed by atoms with Gasteiger partial charge in [0.05, 0.1) is 11.6 Å². The average Bonchev–Trinajstić information content (AvgIpc) is 3.53. The summed E-state index contributed by atoms with van der Waals surface area (Å²) in [6, 6.07) is 8.08. The third-order valence-corrected chi connectivity index (χ3v) is 5.92. The molecule has 0 unspecified atom stereocenters. The number of ether oxygens (including phenoxy) is 1. The fraction of sp³-hybridized carbons (Fsp3) is 0.625. The average molecular weight is 404 g/mol.